The summed E-state index contributed by atoms with van der Waals surface area (Å²) in [6.07, 6.45) is 3.49. The Bertz CT molecular complexity index is 370. The van der Waals surface area contributed by atoms with Gasteiger partial charge in [-0.15, -0.1) is 0 Å². The summed E-state index contributed by atoms with van der Waals surface area (Å²) in [7, 11) is 0. The van der Waals surface area contributed by atoms with Gasteiger partial charge in [-0.2, -0.15) is 5.10 Å². The lowest BCUT2D eigenvalue weighted by atomic mass is 9.94. The van der Waals surface area contributed by atoms with Crippen molar-refractivity contribution in [3.63, 3.8) is 0 Å². The Morgan fingerprint density at radius 1 is 1.65 bits per heavy atom. The van der Waals surface area contributed by atoms with Gasteiger partial charge in [0, 0.05) is 0 Å². The number of hydrogen-bond acceptors (Lipinski definition) is 4. The summed E-state index contributed by atoms with van der Waals surface area (Å²) in [6, 6.07) is -0.520. The van der Waals surface area contributed by atoms with E-state index in [0.717, 1.165) is 12.8 Å². The van der Waals surface area contributed by atoms with Gasteiger partial charge in [-0.25, -0.2) is 4.79 Å². The minimum Gasteiger partial charge on any atom is -0.375 e. The predicted molar refractivity (Wildman–Crippen MR) is 67.3 cm³/mol. The van der Waals surface area contributed by atoms with Crippen LogP contribution in [0.1, 0.15) is 26.2 Å². The number of rotatable bonds is 5. The molecule has 0 bridgehead atoms. The predicted octanol–water partition coefficient (Wildman–Crippen LogP) is -0.426. The number of thiocarbonyl (C=S) groups is 1. The first-order valence-corrected chi connectivity index (χ1v) is 5.64. The highest BCUT2D eigenvalue weighted by Gasteiger charge is 2.44. The van der Waals surface area contributed by atoms with E-state index in [0.29, 0.717) is 6.42 Å². The number of hydrogen-bond donors (Lipinski definition) is 4. The van der Waals surface area contributed by atoms with Crippen molar-refractivity contribution < 1.29 is 9.59 Å². The second-order valence-electron chi connectivity index (χ2n) is 3.72. The van der Waals surface area contributed by atoms with E-state index in [1.807, 2.05) is 6.92 Å². The molecular formula is C9H15N5O2S. The number of hydrazone groups is 1. The van der Waals surface area contributed by atoms with Crippen LogP contribution in [0.4, 0.5) is 4.79 Å². The number of urea groups is 1. The van der Waals surface area contributed by atoms with Gasteiger partial charge in [-0.1, -0.05) is 19.8 Å². The van der Waals surface area contributed by atoms with Crippen LogP contribution in [0.3, 0.4) is 0 Å². The van der Waals surface area contributed by atoms with E-state index in [1.165, 1.54) is 6.21 Å². The summed E-state index contributed by atoms with van der Waals surface area (Å²) in [4.78, 5) is 22.9. The number of amides is 3. The fourth-order valence-electron chi connectivity index (χ4n) is 1.50. The Labute approximate surface area is 104 Å². The quantitative estimate of drug-likeness (QED) is 0.231. The molecule has 8 heteroatoms. The normalized spacial score (nSPS) is 23.6. The molecule has 0 aliphatic carbocycles. The zero-order valence-corrected chi connectivity index (χ0v) is 10.3. The van der Waals surface area contributed by atoms with Crippen molar-refractivity contribution in [2.45, 2.75) is 31.7 Å². The summed E-state index contributed by atoms with van der Waals surface area (Å²) in [6.45, 7) is 1.99. The van der Waals surface area contributed by atoms with Crippen LogP contribution in [0.15, 0.2) is 5.10 Å². The minimum atomic E-state index is -1.11. The maximum Gasteiger partial charge on any atom is 0.322 e. The zero-order chi connectivity index (χ0) is 12.9. The molecule has 1 atom stereocenters. The molecule has 1 fully saturated rings. The Morgan fingerprint density at radius 2 is 2.35 bits per heavy atom. The first-order valence-electron chi connectivity index (χ1n) is 5.23. The Kier molecular flexibility index (Phi) is 4.38. The molecule has 1 rings (SSSR count). The van der Waals surface area contributed by atoms with E-state index in [1.54, 1.807) is 0 Å². The topological polar surface area (TPSA) is 109 Å². The molecule has 94 valence electrons. The third kappa shape index (κ3) is 3.38. The molecule has 0 saturated carbocycles. The molecule has 0 aromatic heterocycles. The van der Waals surface area contributed by atoms with Gasteiger partial charge in [0.1, 0.15) is 0 Å². The first-order chi connectivity index (χ1) is 8.00. The number of imide groups is 1. The molecule has 1 aliphatic heterocycles. The molecule has 0 aromatic rings. The number of nitrogens with zero attached hydrogens (tertiary/aromatic N) is 1. The van der Waals surface area contributed by atoms with Crippen LogP contribution in [-0.2, 0) is 4.79 Å². The monoisotopic (exact) mass is 257 g/mol. The standard InChI is InChI=1S/C9H15N5O2S/c1-2-3-4-9(5-11-14-7(10)17)6(15)12-8(16)13-9/h5H,2-4H2,1H3,(H3,10,14,17)(H2,12,13,15,16). The average molecular weight is 257 g/mol. The van der Waals surface area contributed by atoms with Gasteiger partial charge < -0.3 is 11.1 Å². The lowest BCUT2D eigenvalue weighted by Crippen LogP contribution is -2.49. The SMILES string of the molecule is CCCCC1(C=NNC(N)=S)NC(=O)NC1=O. The van der Waals surface area contributed by atoms with Crippen molar-refractivity contribution in [3.05, 3.63) is 0 Å². The molecule has 0 spiro atoms. The van der Waals surface area contributed by atoms with Crippen LogP contribution in [0.5, 0.6) is 0 Å². The molecular weight excluding hydrogens is 242 g/mol. The van der Waals surface area contributed by atoms with Gasteiger partial charge in [-0.3, -0.25) is 15.5 Å². The van der Waals surface area contributed by atoms with Gasteiger partial charge >= 0.3 is 6.03 Å². The van der Waals surface area contributed by atoms with E-state index < -0.39 is 17.5 Å². The van der Waals surface area contributed by atoms with E-state index >= 15 is 0 Å². The largest absolute Gasteiger partial charge is 0.375 e. The van der Waals surface area contributed by atoms with Crippen LogP contribution in [0, 0.1) is 0 Å². The van der Waals surface area contributed by atoms with E-state index in [-0.39, 0.29) is 5.11 Å². The lowest BCUT2D eigenvalue weighted by Gasteiger charge is -2.20. The van der Waals surface area contributed by atoms with Crippen molar-refractivity contribution in [1.82, 2.24) is 16.1 Å². The molecule has 17 heavy (non-hydrogen) atoms. The molecule has 0 aromatic carbocycles. The van der Waals surface area contributed by atoms with Crippen molar-refractivity contribution in [2.75, 3.05) is 0 Å². The maximum atomic E-state index is 11.7. The van der Waals surface area contributed by atoms with Crippen LogP contribution >= 0.6 is 12.2 Å². The van der Waals surface area contributed by atoms with Crippen molar-refractivity contribution in [3.8, 4) is 0 Å². The molecule has 1 saturated heterocycles. The summed E-state index contributed by atoms with van der Waals surface area (Å²) >= 11 is 4.58. The second kappa shape index (κ2) is 5.58. The van der Waals surface area contributed by atoms with E-state index in [2.05, 4.69) is 33.4 Å². The summed E-state index contributed by atoms with van der Waals surface area (Å²) in [5.74, 6) is -0.413. The smallest absolute Gasteiger partial charge is 0.322 e. The number of nitrogens with two attached hydrogens (primary N) is 1. The van der Waals surface area contributed by atoms with Crippen LogP contribution in [0.25, 0.3) is 0 Å². The highest BCUT2D eigenvalue weighted by Crippen LogP contribution is 2.16. The van der Waals surface area contributed by atoms with E-state index in [9.17, 15) is 9.59 Å². The summed E-state index contributed by atoms with van der Waals surface area (Å²) in [5.41, 5.74) is 6.45. The highest BCUT2D eigenvalue weighted by atomic mass is 32.1. The molecule has 3 amide bonds. The van der Waals surface area contributed by atoms with Crippen molar-refractivity contribution in [1.29, 1.82) is 0 Å². The fourth-order valence-corrected chi connectivity index (χ4v) is 1.55. The van der Waals surface area contributed by atoms with Crippen LogP contribution in [-0.4, -0.2) is 28.8 Å². The molecule has 1 aliphatic rings. The number of nitrogens with one attached hydrogen (secondary N) is 3. The first kappa shape index (κ1) is 13.4. The zero-order valence-electron chi connectivity index (χ0n) is 9.45. The molecule has 5 N–H and O–H groups in total. The minimum absolute atomic E-state index is 0.00313. The highest BCUT2D eigenvalue weighted by molar-refractivity contribution is 7.80. The summed E-state index contributed by atoms with van der Waals surface area (Å²) < 4.78 is 0. The molecule has 7 nitrogen and oxygen atoms in total. The third-order valence-electron chi connectivity index (χ3n) is 2.35. The Morgan fingerprint density at radius 3 is 2.82 bits per heavy atom. The Hall–Kier alpha value is -1.70. The van der Waals surface area contributed by atoms with Gasteiger partial charge in [0.2, 0.25) is 0 Å². The molecule has 1 heterocycles. The van der Waals surface area contributed by atoms with E-state index in [4.69, 9.17) is 5.73 Å². The van der Waals surface area contributed by atoms with Gasteiger partial charge in [-0.05, 0) is 18.6 Å². The second-order valence-corrected chi connectivity index (χ2v) is 4.16. The summed E-state index contributed by atoms with van der Waals surface area (Å²) in [5, 5.41) is 8.48. The number of unbranched alkanes of at least 4 members (excludes halogenated alkanes) is 1. The maximum absolute atomic E-state index is 11.7. The van der Waals surface area contributed by atoms with Crippen molar-refractivity contribution >= 4 is 35.5 Å². The van der Waals surface area contributed by atoms with Crippen LogP contribution < -0.4 is 21.8 Å². The van der Waals surface area contributed by atoms with Crippen LogP contribution in [0.2, 0.25) is 0 Å². The molecule has 1 unspecified atom stereocenters. The lowest BCUT2D eigenvalue weighted by molar-refractivity contribution is -0.121. The number of carbonyl (C=O) groups excluding carboxylic acids is 2. The number of carbonyl (C=O) groups is 2. The van der Waals surface area contributed by atoms with Gasteiger partial charge in [0.05, 0.1) is 6.21 Å². The van der Waals surface area contributed by atoms with Gasteiger partial charge in [0.25, 0.3) is 5.91 Å². The fraction of sp³-hybridized carbons (Fsp3) is 0.556. The van der Waals surface area contributed by atoms with Crippen molar-refractivity contribution in [2.24, 2.45) is 10.8 Å². The third-order valence-corrected chi connectivity index (χ3v) is 2.44. The van der Waals surface area contributed by atoms with Gasteiger partial charge in [0.15, 0.2) is 10.7 Å². The average Bonchev–Trinajstić information content (AvgIpc) is 2.51. The molecule has 0 radical (unpaired) electrons. The Balaban J connectivity index is 2.79.